The summed E-state index contributed by atoms with van der Waals surface area (Å²) in [5.41, 5.74) is 0. The van der Waals surface area contributed by atoms with Crippen LogP contribution in [0.1, 0.15) is 149 Å². The normalized spacial score (nSPS) is 13.5. The topological polar surface area (TPSA) is 93.1 Å². The number of esters is 2. The van der Waals surface area contributed by atoms with Crippen molar-refractivity contribution in [3.05, 3.63) is 48.6 Å². The molecule has 2 atom stereocenters. The van der Waals surface area contributed by atoms with Crippen LogP contribution in [-0.4, -0.2) is 47.6 Å². The van der Waals surface area contributed by atoms with Crippen LogP contribution < -0.4 is 0 Å². The molecule has 0 saturated heterocycles. The maximum Gasteiger partial charge on any atom is 0.305 e. The molecule has 0 aliphatic rings. The van der Waals surface area contributed by atoms with Crippen molar-refractivity contribution in [1.29, 1.82) is 0 Å². The summed E-state index contributed by atoms with van der Waals surface area (Å²) in [5.74, 6) is -0.650. The van der Waals surface area contributed by atoms with Gasteiger partial charge in [0, 0.05) is 12.8 Å². The van der Waals surface area contributed by atoms with Crippen LogP contribution in [0.5, 0.6) is 0 Å². The second kappa shape index (κ2) is 32.7. The van der Waals surface area contributed by atoms with E-state index in [-0.39, 0.29) is 31.3 Å². The third kappa shape index (κ3) is 32.6. The molecule has 248 valence electrons. The molecule has 0 unspecified atom stereocenters. The molecular weight excluding hydrogens is 540 g/mol. The first-order chi connectivity index (χ1) is 21.0. The third-order valence-electron chi connectivity index (χ3n) is 7.23. The summed E-state index contributed by atoms with van der Waals surface area (Å²) >= 11 is 0. The molecule has 0 spiro atoms. The number of ether oxygens (including phenoxy) is 2. The molecule has 0 amide bonds. The summed E-state index contributed by atoms with van der Waals surface area (Å²) in [6, 6.07) is 0. The van der Waals surface area contributed by atoms with E-state index in [1.807, 2.05) is 6.92 Å². The Bertz CT molecular complexity index is 754. The van der Waals surface area contributed by atoms with E-state index in [1.165, 1.54) is 51.4 Å². The molecule has 0 aliphatic carbocycles. The van der Waals surface area contributed by atoms with Crippen molar-refractivity contribution in [3.63, 3.8) is 0 Å². The number of hydrogen-bond acceptors (Lipinski definition) is 6. The number of hydrogen-bond donors (Lipinski definition) is 2. The lowest BCUT2D eigenvalue weighted by atomic mass is 10.1. The van der Waals surface area contributed by atoms with Gasteiger partial charge in [0.05, 0.1) is 6.10 Å². The highest BCUT2D eigenvalue weighted by atomic mass is 16.6. The van der Waals surface area contributed by atoms with Gasteiger partial charge in [-0.2, -0.15) is 0 Å². The summed E-state index contributed by atoms with van der Waals surface area (Å²) in [4.78, 5) is 23.8. The second-order valence-corrected chi connectivity index (χ2v) is 11.4. The molecule has 0 aromatic heterocycles. The van der Waals surface area contributed by atoms with Gasteiger partial charge in [-0.3, -0.25) is 9.59 Å². The molecule has 0 heterocycles. The average Bonchev–Trinajstić information content (AvgIpc) is 3.01. The summed E-state index contributed by atoms with van der Waals surface area (Å²) < 4.78 is 10.2. The van der Waals surface area contributed by atoms with E-state index in [0.29, 0.717) is 19.3 Å². The Labute approximate surface area is 263 Å². The second-order valence-electron chi connectivity index (χ2n) is 11.4. The Morgan fingerprint density at radius 3 is 1.44 bits per heavy atom. The maximum atomic E-state index is 11.9. The van der Waals surface area contributed by atoms with Gasteiger partial charge in [-0.05, 0) is 57.8 Å². The number of carbonyl (C=O) groups excluding carboxylic acids is 2. The van der Waals surface area contributed by atoms with Crippen molar-refractivity contribution in [2.75, 3.05) is 13.2 Å². The zero-order valence-corrected chi connectivity index (χ0v) is 27.6. The Hall–Kier alpha value is -2.18. The zero-order valence-electron chi connectivity index (χ0n) is 27.6. The predicted octanol–water partition coefficient (Wildman–Crippen LogP) is 9.25. The number of aliphatic hydroxyl groups excluding tert-OH is 2. The molecule has 6 heteroatoms. The van der Waals surface area contributed by atoms with Crippen LogP contribution >= 0.6 is 0 Å². The van der Waals surface area contributed by atoms with Gasteiger partial charge in [0.15, 0.2) is 0 Å². The molecule has 0 saturated carbocycles. The molecule has 0 aromatic carbocycles. The number of allylic oxidation sites excluding steroid dienone is 8. The van der Waals surface area contributed by atoms with Crippen molar-refractivity contribution < 1.29 is 29.3 Å². The van der Waals surface area contributed by atoms with Crippen molar-refractivity contribution in [3.8, 4) is 0 Å². The standard InChI is InChI=1S/C37H64O6/c1-3-5-6-7-8-9-14-18-21-24-27-30-36(40)42-32-35(39)33-43-37(41)31-28-25-22-19-16-13-11-10-12-15-17-20-23-26-29-34(38)4-2/h11-13,15,19-20,22-23,34-35,38-39H,3-10,14,16-18,21,24-33H2,1-2H3/b13-11-,15-12-,22-19-,23-20-/t34-,35+/m0/s1. The summed E-state index contributed by atoms with van der Waals surface area (Å²) in [6.07, 6.45) is 36.8. The van der Waals surface area contributed by atoms with Gasteiger partial charge < -0.3 is 19.7 Å². The molecule has 0 bridgehead atoms. The average molecular weight is 605 g/mol. The van der Waals surface area contributed by atoms with Gasteiger partial charge in [-0.15, -0.1) is 0 Å². The van der Waals surface area contributed by atoms with E-state index in [9.17, 15) is 19.8 Å². The molecule has 0 radical (unpaired) electrons. The van der Waals surface area contributed by atoms with E-state index in [2.05, 4.69) is 55.5 Å². The smallest absolute Gasteiger partial charge is 0.305 e. The molecule has 0 rings (SSSR count). The van der Waals surface area contributed by atoms with Crippen LogP contribution in [0.4, 0.5) is 0 Å². The number of unbranched alkanes of at least 4 members (excludes halogenated alkanes) is 11. The molecular formula is C37H64O6. The first kappa shape index (κ1) is 40.8. The van der Waals surface area contributed by atoms with E-state index in [0.717, 1.165) is 64.2 Å². The fraction of sp³-hybridized carbons (Fsp3) is 0.730. The number of aliphatic hydroxyl groups is 2. The van der Waals surface area contributed by atoms with Crippen LogP contribution in [0.3, 0.4) is 0 Å². The van der Waals surface area contributed by atoms with Crippen LogP contribution in [0.15, 0.2) is 48.6 Å². The van der Waals surface area contributed by atoms with Crippen LogP contribution in [0.25, 0.3) is 0 Å². The van der Waals surface area contributed by atoms with Crippen molar-refractivity contribution >= 4 is 11.9 Å². The highest BCUT2D eigenvalue weighted by molar-refractivity contribution is 5.69. The first-order valence-corrected chi connectivity index (χ1v) is 17.3. The van der Waals surface area contributed by atoms with Crippen LogP contribution in [-0.2, 0) is 19.1 Å². The monoisotopic (exact) mass is 604 g/mol. The molecule has 2 N–H and O–H groups in total. The van der Waals surface area contributed by atoms with Gasteiger partial charge >= 0.3 is 11.9 Å². The summed E-state index contributed by atoms with van der Waals surface area (Å²) in [7, 11) is 0. The Kier molecular flexibility index (Phi) is 31.1. The van der Waals surface area contributed by atoms with Crippen LogP contribution in [0, 0.1) is 0 Å². The minimum absolute atomic E-state index is 0.141. The Morgan fingerprint density at radius 1 is 0.535 bits per heavy atom. The SMILES string of the molecule is CCCCCCCCCCCCCC(=O)OC[C@@H](O)COC(=O)CCC/C=C\C/C=C\C/C=C\C/C=C\CC[C@@H](O)CC. The van der Waals surface area contributed by atoms with E-state index in [4.69, 9.17) is 9.47 Å². The lowest BCUT2D eigenvalue weighted by Crippen LogP contribution is -2.25. The quantitative estimate of drug-likeness (QED) is 0.0482. The number of rotatable bonds is 30. The van der Waals surface area contributed by atoms with Crippen molar-refractivity contribution in [2.45, 2.75) is 161 Å². The molecule has 6 nitrogen and oxygen atoms in total. The van der Waals surface area contributed by atoms with Crippen molar-refractivity contribution in [2.24, 2.45) is 0 Å². The highest BCUT2D eigenvalue weighted by Crippen LogP contribution is 2.12. The molecule has 0 aromatic rings. The molecule has 43 heavy (non-hydrogen) atoms. The number of carbonyl (C=O) groups is 2. The van der Waals surface area contributed by atoms with Crippen molar-refractivity contribution in [1.82, 2.24) is 0 Å². The van der Waals surface area contributed by atoms with Gasteiger partial charge in [0.25, 0.3) is 0 Å². The first-order valence-electron chi connectivity index (χ1n) is 17.3. The molecule has 0 fully saturated rings. The van der Waals surface area contributed by atoms with Crippen LogP contribution in [0.2, 0.25) is 0 Å². The fourth-order valence-electron chi connectivity index (χ4n) is 4.41. The minimum atomic E-state index is -0.992. The minimum Gasteiger partial charge on any atom is -0.463 e. The zero-order chi connectivity index (χ0) is 31.6. The Morgan fingerprint density at radius 2 is 0.953 bits per heavy atom. The third-order valence-corrected chi connectivity index (χ3v) is 7.23. The van der Waals surface area contributed by atoms with Gasteiger partial charge in [-0.25, -0.2) is 0 Å². The van der Waals surface area contributed by atoms with Gasteiger partial charge in [0.2, 0.25) is 0 Å². The molecule has 0 aliphatic heterocycles. The highest BCUT2D eigenvalue weighted by Gasteiger charge is 2.12. The lowest BCUT2D eigenvalue weighted by molar-refractivity contribution is -0.152. The summed E-state index contributed by atoms with van der Waals surface area (Å²) in [6.45, 7) is 3.95. The van der Waals surface area contributed by atoms with Gasteiger partial charge in [-0.1, -0.05) is 127 Å². The van der Waals surface area contributed by atoms with E-state index in [1.54, 1.807) is 0 Å². The van der Waals surface area contributed by atoms with E-state index < -0.39 is 6.10 Å². The maximum absolute atomic E-state index is 11.9. The fourth-order valence-corrected chi connectivity index (χ4v) is 4.41. The Balaban J connectivity index is 3.59. The van der Waals surface area contributed by atoms with Gasteiger partial charge in [0.1, 0.15) is 19.3 Å². The summed E-state index contributed by atoms with van der Waals surface area (Å²) in [5, 5.41) is 19.5. The largest absolute Gasteiger partial charge is 0.463 e. The lowest BCUT2D eigenvalue weighted by Gasteiger charge is -2.12. The predicted molar refractivity (Wildman–Crippen MR) is 179 cm³/mol. The van der Waals surface area contributed by atoms with E-state index >= 15 is 0 Å².